The average molecular weight is 175 g/mol. The van der Waals surface area contributed by atoms with Crippen LogP contribution in [0.2, 0.25) is 0 Å². The van der Waals surface area contributed by atoms with E-state index in [2.05, 4.69) is 33.0 Å². The van der Waals surface area contributed by atoms with Crippen LogP contribution in [0.25, 0.3) is 0 Å². The van der Waals surface area contributed by atoms with Gasteiger partial charge in [0.25, 0.3) is 0 Å². The molecule has 0 aromatic rings. The predicted molar refractivity (Wildman–Crippen MR) is 56.2 cm³/mol. The van der Waals surface area contributed by atoms with Gasteiger partial charge in [0.15, 0.2) is 0 Å². The molecule has 0 spiro atoms. The maximum absolute atomic E-state index is 9.29. The standard InChI is InChI=1S/C5H12.C3H7NO.C2H6/c1-5(2,3)4;1-2-4-3-5;1-2/h1-4H3;3H,2H2,1H3,(H,4,5);1-2H3. The molecular formula is C10H25NO. The second-order valence-corrected chi connectivity index (χ2v) is 3.68. The number of carbonyl (C=O) groups is 1. The lowest BCUT2D eigenvalue weighted by Gasteiger charge is -2.05. The van der Waals surface area contributed by atoms with Gasteiger partial charge in [-0.1, -0.05) is 41.5 Å². The lowest BCUT2D eigenvalue weighted by Crippen LogP contribution is -2.07. The Kier molecular flexibility index (Phi) is 19.1. The van der Waals surface area contributed by atoms with Crippen LogP contribution in [0.15, 0.2) is 0 Å². The Morgan fingerprint density at radius 3 is 1.42 bits per heavy atom. The topological polar surface area (TPSA) is 29.1 Å². The molecule has 0 unspecified atom stereocenters. The monoisotopic (exact) mass is 175 g/mol. The van der Waals surface area contributed by atoms with E-state index in [1.165, 1.54) is 0 Å². The summed E-state index contributed by atoms with van der Waals surface area (Å²) in [5.41, 5.74) is 0.500. The minimum atomic E-state index is 0.500. The van der Waals surface area contributed by atoms with Crippen LogP contribution < -0.4 is 5.32 Å². The van der Waals surface area contributed by atoms with Gasteiger partial charge in [-0.2, -0.15) is 0 Å². The third kappa shape index (κ3) is 314. The van der Waals surface area contributed by atoms with E-state index in [0.29, 0.717) is 11.8 Å². The van der Waals surface area contributed by atoms with Gasteiger partial charge in [-0.15, -0.1) is 0 Å². The van der Waals surface area contributed by atoms with Crippen LogP contribution in [-0.2, 0) is 4.79 Å². The molecule has 0 atom stereocenters. The fourth-order valence-electron chi connectivity index (χ4n) is 0.0833. The number of nitrogens with one attached hydrogen (secondary N) is 1. The molecule has 1 amide bonds. The van der Waals surface area contributed by atoms with Crippen LogP contribution in [0.4, 0.5) is 0 Å². The molecule has 0 aromatic heterocycles. The van der Waals surface area contributed by atoms with Crippen LogP contribution in [0.3, 0.4) is 0 Å². The highest BCUT2D eigenvalue weighted by Gasteiger charge is 1.95. The second-order valence-electron chi connectivity index (χ2n) is 3.68. The van der Waals surface area contributed by atoms with E-state index in [4.69, 9.17) is 0 Å². The fraction of sp³-hybridized carbons (Fsp3) is 0.900. The summed E-state index contributed by atoms with van der Waals surface area (Å²) in [4.78, 5) is 9.29. The van der Waals surface area contributed by atoms with Crippen molar-refractivity contribution in [3.63, 3.8) is 0 Å². The maximum atomic E-state index is 9.29. The van der Waals surface area contributed by atoms with Gasteiger partial charge in [-0.25, -0.2) is 0 Å². The fourth-order valence-corrected chi connectivity index (χ4v) is 0.0833. The first-order valence-corrected chi connectivity index (χ1v) is 4.59. The zero-order valence-electron chi connectivity index (χ0n) is 9.69. The molecule has 0 fully saturated rings. The summed E-state index contributed by atoms with van der Waals surface area (Å²) in [7, 11) is 0. The summed E-state index contributed by atoms with van der Waals surface area (Å²) in [6, 6.07) is 0. The first-order chi connectivity index (χ1) is 5.41. The van der Waals surface area contributed by atoms with E-state index in [1.807, 2.05) is 20.8 Å². The lowest BCUT2D eigenvalue weighted by atomic mass is 10.0. The SMILES string of the molecule is CC.CC(C)(C)C.CCNC=O. The summed E-state index contributed by atoms with van der Waals surface area (Å²) >= 11 is 0. The van der Waals surface area contributed by atoms with Crippen molar-refractivity contribution in [1.82, 2.24) is 5.32 Å². The highest BCUT2D eigenvalue weighted by atomic mass is 16.1. The molecule has 2 nitrogen and oxygen atoms in total. The minimum Gasteiger partial charge on any atom is -0.359 e. The second kappa shape index (κ2) is 13.1. The third-order valence-corrected chi connectivity index (χ3v) is 0.287. The van der Waals surface area contributed by atoms with Crippen molar-refractivity contribution in [2.24, 2.45) is 5.41 Å². The first-order valence-electron chi connectivity index (χ1n) is 4.59. The zero-order valence-corrected chi connectivity index (χ0v) is 9.69. The summed E-state index contributed by atoms with van der Waals surface area (Å²) in [6.07, 6.45) is 0.681. The number of hydrogen-bond donors (Lipinski definition) is 1. The summed E-state index contributed by atoms with van der Waals surface area (Å²) in [5.74, 6) is 0. The van der Waals surface area contributed by atoms with E-state index < -0.39 is 0 Å². The molecule has 1 N–H and O–H groups in total. The molecule has 0 saturated carbocycles. The lowest BCUT2D eigenvalue weighted by molar-refractivity contribution is -0.109. The smallest absolute Gasteiger partial charge is 0.207 e. The molecule has 0 rings (SSSR count). The maximum Gasteiger partial charge on any atom is 0.207 e. The minimum absolute atomic E-state index is 0.500. The quantitative estimate of drug-likeness (QED) is 0.642. The van der Waals surface area contributed by atoms with Crippen molar-refractivity contribution in [2.75, 3.05) is 6.54 Å². The number of carbonyl (C=O) groups excluding carboxylic acids is 1. The molecule has 2 heteroatoms. The Balaban J connectivity index is -0.000000112. The molecule has 76 valence electrons. The van der Waals surface area contributed by atoms with E-state index in [9.17, 15) is 4.79 Å². The van der Waals surface area contributed by atoms with Gasteiger partial charge in [-0.05, 0) is 12.3 Å². The largest absolute Gasteiger partial charge is 0.359 e. The number of rotatable bonds is 2. The summed E-state index contributed by atoms with van der Waals surface area (Å²) in [5, 5.41) is 2.43. The molecule has 0 aliphatic heterocycles. The van der Waals surface area contributed by atoms with Gasteiger partial charge in [0.1, 0.15) is 0 Å². The zero-order chi connectivity index (χ0) is 10.6. The molecule has 0 saturated heterocycles. The highest BCUT2D eigenvalue weighted by molar-refractivity contribution is 5.45. The normalized spacial score (nSPS) is 8.25. The van der Waals surface area contributed by atoms with Crippen molar-refractivity contribution < 1.29 is 4.79 Å². The van der Waals surface area contributed by atoms with Crippen LogP contribution >= 0.6 is 0 Å². The van der Waals surface area contributed by atoms with E-state index in [-0.39, 0.29) is 0 Å². The van der Waals surface area contributed by atoms with Gasteiger partial charge in [0, 0.05) is 6.54 Å². The molecule has 0 aliphatic rings. The third-order valence-electron chi connectivity index (χ3n) is 0.287. The molecule has 0 heterocycles. The van der Waals surface area contributed by atoms with Crippen molar-refractivity contribution in [3.8, 4) is 0 Å². The van der Waals surface area contributed by atoms with Gasteiger partial charge < -0.3 is 5.32 Å². The highest BCUT2D eigenvalue weighted by Crippen LogP contribution is 2.07. The van der Waals surface area contributed by atoms with Gasteiger partial charge >= 0.3 is 0 Å². The molecule has 0 bridgehead atoms. The van der Waals surface area contributed by atoms with Crippen molar-refractivity contribution in [2.45, 2.75) is 48.5 Å². The Labute approximate surface area is 77.7 Å². The van der Waals surface area contributed by atoms with Gasteiger partial charge in [0.05, 0.1) is 0 Å². The number of amides is 1. The Bertz CT molecular complexity index is 68.4. The summed E-state index contributed by atoms with van der Waals surface area (Å²) in [6.45, 7) is 15.3. The molecular weight excluding hydrogens is 150 g/mol. The van der Waals surface area contributed by atoms with Crippen LogP contribution in [0.1, 0.15) is 48.5 Å². The van der Waals surface area contributed by atoms with E-state index >= 15 is 0 Å². The Hall–Kier alpha value is -0.530. The molecule has 12 heavy (non-hydrogen) atoms. The van der Waals surface area contributed by atoms with Gasteiger partial charge in [0.2, 0.25) is 6.41 Å². The Morgan fingerprint density at radius 1 is 1.17 bits per heavy atom. The molecule has 0 radical (unpaired) electrons. The molecule has 0 aliphatic carbocycles. The van der Waals surface area contributed by atoms with Crippen LogP contribution in [-0.4, -0.2) is 13.0 Å². The van der Waals surface area contributed by atoms with E-state index in [0.717, 1.165) is 6.54 Å². The van der Waals surface area contributed by atoms with Gasteiger partial charge in [-0.3, -0.25) is 4.79 Å². The van der Waals surface area contributed by atoms with E-state index in [1.54, 1.807) is 0 Å². The predicted octanol–water partition coefficient (Wildman–Crippen LogP) is 2.83. The van der Waals surface area contributed by atoms with Crippen molar-refractivity contribution in [3.05, 3.63) is 0 Å². The summed E-state index contributed by atoms with van der Waals surface area (Å²) < 4.78 is 0. The number of hydrogen-bond acceptors (Lipinski definition) is 1. The molecule has 0 aromatic carbocycles. The van der Waals surface area contributed by atoms with Crippen LogP contribution in [0.5, 0.6) is 0 Å². The first kappa shape index (κ1) is 17.5. The van der Waals surface area contributed by atoms with Crippen LogP contribution in [0, 0.1) is 5.41 Å². The van der Waals surface area contributed by atoms with Crippen molar-refractivity contribution >= 4 is 6.41 Å². The van der Waals surface area contributed by atoms with Crippen molar-refractivity contribution in [1.29, 1.82) is 0 Å². The average Bonchev–Trinajstić information content (AvgIpc) is 1.90. The Morgan fingerprint density at radius 2 is 1.42 bits per heavy atom.